The maximum absolute atomic E-state index is 5.71. The Morgan fingerprint density at radius 1 is 1.60 bits per heavy atom. The summed E-state index contributed by atoms with van der Waals surface area (Å²) < 4.78 is 10.7. The molecule has 1 saturated heterocycles. The molecule has 1 aromatic heterocycles. The first-order chi connectivity index (χ1) is 7.24. The third-order valence-corrected chi connectivity index (χ3v) is 2.37. The number of hydrogen-bond donors (Lipinski definition) is 1. The quantitative estimate of drug-likeness (QED) is 0.787. The van der Waals surface area contributed by atoms with E-state index in [-0.39, 0.29) is 5.95 Å². The first kappa shape index (κ1) is 10.4. The molecule has 0 saturated carbocycles. The van der Waals surface area contributed by atoms with Gasteiger partial charge in [0.15, 0.2) is 0 Å². The topological polar surface area (TPSA) is 70.3 Å². The molecule has 1 atom stereocenters. The van der Waals surface area contributed by atoms with E-state index in [2.05, 4.69) is 9.97 Å². The summed E-state index contributed by atoms with van der Waals surface area (Å²) in [4.78, 5) is 7.66. The van der Waals surface area contributed by atoms with E-state index in [9.17, 15) is 0 Å². The Hall–Kier alpha value is -1.07. The third kappa shape index (κ3) is 2.94. The molecule has 5 nitrogen and oxygen atoms in total. The molecule has 0 spiro atoms. The molecule has 15 heavy (non-hydrogen) atoms. The summed E-state index contributed by atoms with van der Waals surface area (Å²) in [6, 6.07) is 1.55. The van der Waals surface area contributed by atoms with Gasteiger partial charge in [0.2, 0.25) is 11.8 Å². The first-order valence-electron chi connectivity index (χ1n) is 4.74. The Kier molecular flexibility index (Phi) is 3.23. The SMILES string of the molecule is Nc1nc(Cl)cc(OCC2CCOC2)n1. The average Bonchev–Trinajstić information content (AvgIpc) is 2.65. The minimum Gasteiger partial charge on any atom is -0.477 e. The number of ether oxygens (including phenoxy) is 2. The second-order valence-corrected chi connectivity index (χ2v) is 3.81. The van der Waals surface area contributed by atoms with Crippen LogP contribution in [0.1, 0.15) is 6.42 Å². The van der Waals surface area contributed by atoms with Gasteiger partial charge in [-0.25, -0.2) is 4.98 Å². The van der Waals surface area contributed by atoms with E-state index in [0.29, 0.717) is 23.6 Å². The van der Waals surface area contributed by atoms with Gasteiger partial charge in [0, 0.05) is 18.6 Å². The number of anilines is 1. The zero-order valence-corrected chi connectivity index (χ0v) is 8.91. The highest BCUT2D eigenvalue weighted by Crippen LogP contribution is 2.17. The van der Waals surface area contributed by atoms with Crippen LogP contribution in [0, 0.1) is 5.92 Å². The van der Waals surface area contributed by atoms with E-state index in [1.54, 1.807) is 6.07 Å². The van der Waals surface area contributed by atoms with Crippen molar-refractivity contribution in [3.05, 3.63) is 11.2 Å². The zero-order chi connectivity index (χ0) is 10.7. The van der Waals surface area contributed by atoms with Crippen molar-refractivity contribution in [3.63, 3.8) is 0 Å². The summed E-state index contributed by atoms with van der Waals surface area (Å²) in [5.41, 5.74) is 5.43. The van der Waals surface area contributed by atoms with Gasteiger partial charge in [-0.15, -0.1) is 0 Å². The largest absolute Gasteiger partial charge is 0.477 e. The third-order valence-electron chi connectivity index (χ3n) is 2.18. The second-order valence-electron chi connectivity index (χ2n) is 3.43. The fraction of sp³-hybridized carbons (Fsp3) is 0.556. The van der Waals surface area contributed by atoms with E-state index >= 15 is 0 Å². The zero-order valence-electron chi connectivity index (χ0n) is 8.15. The predicted molar refractivity (Wildman–Crippen MR) is 55.9 cm³/mol. The molecule has 0 amide bonds. The fourth-order valence-electron chi connectivity index (χ4n) is 1.41. The highest BCUT2D eigenvalue weighted by Gasteiger charge is 2.16. The van der Waals surface area contributed by atoms with Crippen molar-refractivity contribution in [1.82, 2.24) is 9.97 Å². The summed E-state index contributed by atoms with van der Waals surface area (Å²) in [6.45, 7) is 2.13. The summed E-state index contributed by atoms with van der Waals surface area (Å²) >= 11 is 5.71. The maximum Gasteiger partial charge on any atom is 0.224 e. The number of nitrogens with two attached hydrogens (primary N) is 1. The van der Waals surface area contributed by atoms with E-state index in [1.807, 2.05) is 0 Å². The smallest absolute Gasteiger partial charge is 0.224 e. The summed E-state index contributed by atoms with van der Waals surface area (Å²) in [7, 11) is 0. The lowest BCUT2D eigenvalue weighted by molar-refractivity contribution is 0.165. The number of nitrogens with zero attached hydrogens (tertiary/aromatic N) is 2. The summed E-state index contributed by atoms with van der Waals surface area (Å²) in [5.74, 6) is 0.972. The molecule has 0 aliphatic carbocycles. The van der Waals surface area contributed by atoms with E-state index < -0.39 is 0 Å². The molecule has 1 fully saturated rings. The van der Waals surface area contributed by atoms with Gasteiger partial charge in [0.1, 0.15) is 5.15 Å². The van der Waals surface area contributed by atoms with E-state index in [0.717, 1.165) is 19.6 Å². The number of nitrogen functional groups attached to an aromatic ring is 1. The Morgan fingerprint density at radius 3 is 3.13 bits per heavy atom. The highest BCUT2D eigenvalue weighted by molar-refractivity contribution is 6.29. The van der Waals surface area contributed by atoms with Crippen LogP contribution in [0.25, 0.3) is 0 Å². The van der Waals surface area contributed by atoms with Crippen LogP contribution in [0.15, 0.2) is 6.07 Å². The van der Waals surface area contributed by atoms with Gasteiger partial charge in [-0.2, -0.15) is 4.98 Å². The molecule has 0 radical (unpaired) electrons. The van der Waals surface area contributed by atoms with E-state index in [4.69, 9.17) is 26.8 Å². The van der Waals surface area contributed by atoms with Gasteiger partial charge < -0.3 is 15.2 Å². The molecule has 6 heteroatoms. The number of halogens is 1. The lowest BCUT2D eigenvalue weighted by Crippen LogP contribution is -2.12. The molecule has 2 N–H and O–H groups in total. The van der Waals surface area contributed by atoms with Gasteiger partial charge in [-0.1, -0.05) is 11.6 Å². The van der Waals surface area contributed by atoms with Crippen LogP contribution >= 0.6 is 11.6 Å². The Morgan fingerprint density at radius 2 is 2.47 bits per heavy atom. The second kappa shape index (κ2) is 4.63. The highest BCUT2D eigenvalue weighted by atomic mass is 35.5. The number of aromatic nitrogens is 2. The van der Waals surface area contributed by atoms with Crippen LogP contribution in [0.2, 0.25) is 5.15 Å². The van der Waals surface area contributed by atoms with Gasteiger partial charge >= 0.3 is 0 Å². The van der Waals surface area contributed by atoms with Gasteiger partial charge in [-0.05, 0) is 6.42 Å². The molecule has 0 aromatic carbocycles. The van der Waals surface area contributed by atoms with Crippen LogP contribution in [0.4, 0.5) is 5.95 Å². The lowest BCUT2D eigenvalue weighted by atomic mass is 10.1. The van der Waals surface area contributed by atoms with Crippen molar-refractivity contribution in [2.24, 2.45) is 5.92 Å². The number of hydrogen-bond acceptors (Lipinski definition) is 5. The van der Waals surface area contributed by atoms with Crippen molar-refractivity contribution in [3.8, 4) is 5.88 Å². The molecule has 1 aliphatic rings. The van der Waals surface area contributed by atoms with Crippen molar-refractivity contribution in [1.29, 1.82) is 0 Å². The molecular formula is C9H12ClN3O2. The van der Waals surface area contributed by atoms with Crippen molar-refractivity contribution in [2.75, 3.05) is 25.6 Å². The first-order valence-corrected chi connectivity index (χ1v) is 5.12. The monoisotopic (exact) mass is 229 g/mol. The minimum absolute atomic E-state index is 0.125. The summed E-state index contributed by atoms with van der Waals surface area (Å²) in [5, 5.41) is 0.292. The Bertz CT molecular complexity index is 322. The standard InChI is InChI=1S/C9H12ClN3O2/c10-7-3-8(13-9(11)12-7)15-5-6-1-2-14-4-6/h3,6H,1-2,4-5H2,(H2,11,12,13). The molecule has 1 aromatic rings. The normalized spacial score (nSPS) is 20.5. The Labute approximate surface area is 92.6 Å². The van der Waals surface area contributed by atoms with Crippen LogP contribution in [-0.2, 0) is 4.74 Å². The Balaban J connectivity index is 1.92. The molecule has 1 unspecified atom stereocenters. The van der Waals surface area contributed by atoms with Gasteiger partial charge in [-0.3, -0.25) is 0 Å². The summed E-state index contributed by atoms with van der Waals surface area (Å²) in [6.07, 6.45) is 1.02. The lowest BCUT2D eigenvalue weighted by Gasteiger charge is -2.09. The fourth-order valence-corrected chi connectivity index (χ4v) is 1.59. The van der Waals surface area contributed by atoms with Crippen LogP contribution in [0.5, 0.6) is 5.88 Å². The van der Waals surface area contributed by atoms with Gasteiger partial charge in [0.25, 0.3) is 0 Å². The van der Waals surface area contributed by atoms with Crippen LogP contribution < -0.4 is 10.5 Å². The van der Waals surface area contributed by atoms with E-state index in [1.165, 1.54) is 0 Å². The molecule has 1 aliphatic heterocycles. The molecule has 82 valence electrons. The molecule has 2 rings (SSSR count). The molecule has 2 heterocycles. The van der Waals surface area contributed by atoms with Crippen LogP contribution in [-0.4, -0.2) is 29.8 Å². The van der Waals surface area contributed by atoms with Crippen molar-refractivity contribution < 1.29 is 9.47 Å². The predicted octanol–water partition coefficient (Wildman–Crippen LogP) is 1.13. The van der Waals surface area contributed by atoms with Gasteiger partial charge in [0.05, 0.1) is 13.2 Å². The number of rotatable bonds is 3. The van der Waals surface area contributed by atoms with Crippen LogP contribution in [0.3, 0.4) is 0 Å². The maximum atomic E-state index is 5.71. The molecular weight excluding hydrogens is 218 g/mol. The van der Waals surface area contributed by atoms with Crippen molar-refractivity contribution in [2.45, 2.75) is 6.42 Å². The minimum atomic E-state index is 0.125. The van der Waals surface area contributed by atoms with Crippen molar-refractivity contribution >= 4 is 17.5 Å². The average molecular weight is 230 g/mol. The molecule has 0 bridgehead atoms.